The third-order valence-corrected chi connectivity index (χ3v) is 7.88. The summed E-state index contributed by atoms with van der Waals surface area (Å²) in [6, 6.07) is 15.7. The minimum atomic E-state index is -4.94. The van der Waals surface area contributed by atoms with Gasteiger partial charge in [-0.15, -0.1) is 10.2 Å². The molecule has 0 aliphatic carbocycles. The van der Waals surface area contributed by atoms with Crippen molar-refractivity contribution in [2.75, 3.05) is 19.0 Å². The molecule has 0 amide bonds. The highest BCUT2D eigenvalue weighted by Crippen LogP contribution is 2.44. The number of rotatable bonds is 4. The Morgan fingerprint density at radius 2 is 1.53 bits per heavy atom. The van der Waals surface area contributed by atoms with Crippen molar-refractivity contribution in [2.24, 2.45) is 0 Å². The number of allylic oxidation sites excluding steroid dienone is 2. The van der Waals surface area contributed by atoms with Crippen molar-refractivity contribution in [2.45, 2.75) is 52.6 Å². The zero-order valence-electron chi connectivity index (χ0n) is 27.0. The molecule has 0 bridgehead atoms. The maximum Gasteiger partial charge on any atom is 0.344 e. The lowest BCUT2D eigenvalue weighted by atomic mass is 9.84. The van der Waals surface area contributed by atoms with E-state index in [9.17, 15) is 9.59 Å². The molecule has 12 heteroatoms. The van der Waals surface area contributed by atoms with Crippen LogP contribution in [0.25, 0.3) is 16.7 Å². The van der Waals surface area contributed by atoms with Crippen molar-refractivity contribution in [3.05, 3.63) is 99.1 Å². The molecule has 0 radical (unpaired) electrons. The average molecular weight is 663 g/mol. The SMILES string of the molecule is COC(=O)COC(=O)c1ccccc1C1=c2cc3c(cc2Oc2cc4c(cc21)C(C)=CC(C)(C)N4)=[NH+]C(C)(C)C=C3C.[O-][Cl+3]([O-])([O-])[O-]. The number of ether oxygens (including phenoxy) is 3. The van der Waals surface area contributed by atoms with Gasteiger partial charge < -0.3 is 19.5 Å². The van der Waals surface area contributed by atoms with Crippen LogP contribution in [0.4, 0.5) is 5.69 Å². The van der Waals surface area contributed by atoms with Crippen LogP contribution in [-0.2, 0) is 14.3 Å². The van der Waals surface area contributed by atoms with Crippen molar-refractivity contribution in [3.63, 3.8) is 0 Å². The van der Waals surface area contributed by atoms with Gasteiger partial charge in [0.25, 0.3) is 0 Å². The molecule has 11 nitrogen and oxygen atoms in total. The van der Waals surface area contributed by atoms with E-state index in [0.29, 0.717) is 22.6 Å². The lowest BCUT2D eigenvalue weighted by Crippen LogP contribution is -2.89. The van der Waals surface area contributed by atoms with Crippen LogP contribution in [0.5, 0.6) is 11.5 Å². The van der Waals surface area contributed by atoms with E-state index in [2.05, 4.69) is 80.9 Å². The van der Waals surface area contributed by atoms with Gasteiger partial charge in [-0.1, -0.05) is 24.3 Å². The molecule has 3 heterocycles. The van der Waals surface area contributed by atoms with Gasteiger partial charge >= 0.3 is 11.9 Å². The maximum absolute atomic E-state index is 13.4. The Morgan fingerprint density at radius 3 is 2.21 bits per heavy atom. The molecule has 0 unspecified atom stereocenters. The van der Waals surface area contributed by atoms with E-state index < -0.39 is 28.8 Å². The topological polar surface area (TPSA) is 180 Å². The highest BCUT2D eigenvalue weighted by molar-refractivity contribution is 6.00. The molecule has 2 N–H and O–H groups in total. The van der Waals surface area contributed by atoms with E-state index in [4.69, 9.17) is 28.1 Å². The molecule has 3 aliphatic rings. The first kappa shape index (κ1) is 33.8. The van der Waals surface area contributed by atoms with Gasteiger partial charge in [0, 0.05) is 53.1 Å². The van der Waals surface area contributed by atoms with E-state index in [1.165, 1.54) is 7.11 Å². The number of methoxy groups -OCH3 is 1. The molecule has 47 heavy (non-hydrogen) atoms. The highest BCUT2D eigenvalue weighted by atomic mass is 35.7. The minimum absolute atomic E-state index is 0.209. The summed E-state index contributed by atoms with van der Waals surface area (Å²) in [5, 5.41) is 5.48. The highest BCUT2D eigenvalue weighted by Gasteiger charge is 2.32. The molecular weight excluding hydrogens is 628 g/mol. The third kappa shape index (κ3) is 7.40. The van der Waals surface area contributed by atoms with Gasteiger partial charge in [0.2, 0.25) is 5.36 Å². The van der Waals surface area contributed by atoms with Crippen molar-refractivity contribution in [3.8, 4) is 11.5 Å². The Kier molecular flexibility index (Phi) is 8.82. The van der Waals surface area contributed by atoms with E-state index in [-0.39, 0.29) is 11.1 Å². The Hall–Kier alpha value is -4.52. The second-order valence-corrected chi connectivity index (χ2v) is 13.4. The monoisotopic (exact) mass is 662 g/mol. The largest absolute Gasteiger partial charge is 0.466 e. The van der Waals surface area contributed by atoms with Crippen LogP contribution >= 0.6 is 0 Å². The van der Waals surface area contributed by atoms with Gasteiger partial charge in [-0.25, -0.2) is 33.2 Å². The maximum atomic E-state index is 13.4. The Bertz CT molecular complexity index is 1980. The summed E-state index contributed by atoms with van der Waals surface area (Å²) in [5.74, 6) is 0.153. The fourth-order valence-corrected chi connectivity index (χ4v) is 6.28. The van der Waals surface area contributed by atoms with Gasteiger partial charge in [-0.3, -0.25) is 0 Å². The number of halogens is 1. The van der Waals surface area contributed by atoms with Crippen molar-refractivity contribution in [1.29, 1.82) is 0 Å². The smallest absolute Gasteiger partial charge is 0.344 e. The van der Waals surface area contributed by atoms with Crippen LogP contribution in [0.3, 0.4) is 0 Å². The van der Waals surface area contributed by atoms with Gasteiger partial charge in [-0.2, -0.15) is 0 Å². The van der Waals surface area contributed by atoms with Crippen molar-refractivity contribution < 1.29 is 57.7 Å². The van der Waals surface area contributed by atoms with E-state index in [1.54, 1.807) is 12.1 Å². The number of hydrogen-bond acceptors (Lipinski definition) is 10. The minimum Gasteiger partial charge on any atom is -0.466 e. The number of fused-ring (bicyclic) bond motifs is 4. The first-order valence-corrected chi connectivity index (χ1v) is 15.9. The van der Waals surface area contributed by atoms with Gasteiger partial charge in [-0.05, 0) is 68.7 Å². The Morgan fingerprint density at radius 1 is 0.872 bits per heavy atom. The van der Waals surface area contributed by atoms with Crippen molar-refractivity contribution in [1.82, 2.24) is 0 Å². The molecule has 0 saturated carbocycles. The molecule has 3 aliphatic heterocycles. The van der Waals surface area contributed by atoms with Gasteiger partial charge in [0.1, 0.15) is 11.5 Å². The fraction of sp³-hybridized carbons (Fsp3) is 0.286. The standard InChI is InChI=1S/C35H34N2O5.ClHO4/c1-19-16-34(3,4)36-27-14-29-25(12-23(19)27)32(21-10-8-9-11-22(21)33(39)41-18-31(38)40-7)26-13-24-20(2)17-35(5,6)37-28(24)15-30(26)42-29;2-1(3,4)5/h8-17,36H,18H2,1-7H3;(H,2,3,4,5). The summed E-state index contributed by atoms with van der Waals surface area (Å²) >= 11 is 0. The quantitative estimate of drug-likeness (QED) is 0.261. The van der Waals surface area contributed by atoms with Crippen molar-refractivity contribution >= 4 is 34.3 Å². The first-order valence-electron chi connectivity index (χ1n) is 14.7. The number of benzene rings is 3. The summed E-state index contributed by atoms with van der Waals surface area (Å²) in [6.45, 7) is 12.3. The number of carbonyl (C=O) groups excluding carboxylic acids is 2. The molecule has 6 rings (SSSR count). The van der Waals surface area contributed by atoms with E-state index >= 15 is 0 Å². The lowest BCUT2D eigenvalue weighted by molar-refractivity contribution is -2.00. The molecule has 246 valence electrons. The Labute approximate surface area is 273 Å². The normalized spacial score (nSPS) is 16.4. The number of carbonyl (C=O) groups is 2. The number of nitrogens with one attached hydrogen (secondary N) is 2. The van der Waals surface area contributed by atoms with E-state index in [1.807, 2.05) is 24.3 Å². The number of hydrogen-bond donors (Lipinski definition) is 2. The number of anilines is 1. The summed E-state index contributed by atoms with van der Waals surface area (Å²) in [5.41, 5.74) is 7.79. The molecule has 0 fully saturated rings. The second-order valence-electron chi connectivity index (χ2n) is 12.7. The average Bonchev–Trinajstić information content (AvgIpc) is 2.95. The van der Waals surface area contributed by atoms with Crippen LogP contribution in [-0.4, -0.2) is 36.7 Å². The van der Waals surface area contributed by atoms with Gasteiger partial charge in [0.05, 0.1) is 24.3 Å². The summed E-state index contributed by atoms with van der Waals surface area (Å²) < 4.78 is 50.6. The van der Waals surface area contributed by atoms with Crippen LogP contribution in [0.2, 0.25) is 0 Å². The summed E-state index contributed by atoms with van der Waals surface area (Å²) in [7, 11) is -3.68. The molecule has 0 aromatic heterocycles. The van der Waals surface area contributed by atoms with Crippen LogP contribution in [0, 0.1) is 10.2 Å². The predicted octanol–water partition coefficient (Wildman–Crippen LogP) is -0.883. The first-order chi connectivity index (χ1) is 21.9. The van der Waals surface area contributed by atoms with Crippen LogP contribution < -0.4 is 44.3 Å². The lowest BCUT2D eigenvalue weighted by Gasteiger charge is -2.33. The zero-order chi connectivity index (χ0) is 34.5. The van der Waals surface area contributed by atoms with Gasteiger partial charge in [0.15, 0.2) is 12.1 Å². The number of esters is 2. The summed E-state index contributed by atoms with van der Waals surface area (Å²) in [6.07, 6.45) is 4.43. The summed E-state index contributed by atoms with van der Waals surface area (Å²) in [4.78, 5) is 28.7. The van der Waals surface area contributed by atoms with Crippen LogP contribution in [0.15, 0.2) is 60.7 Å². The zero-order valence-corrected chi connectivity index (χ0v) is 27.8. The molecular formula is C35H35ClN2O9. The molecule has 3 aromatic rings. The van der Waals surface area contributed by atoms with Crippen LogP contribution in [0.1, 0.15) is 74.2 Å². The fourth-order valence-electron chi connectivity index (χ4n) is 6.28. The Balaban J connectivity index is 0.000000807. The van der Waals surface area contributed by atoms with E-state index in [0.717, 1.165) is 49.7 Å². The third-order valence-electron chi connectivity index (χ3n) is 7.88. The molecule has 3 aromatic carbocycles. The molecule has 0 atom stereocenters. The molecule has 0 spiro atoms. The predicted molar refractivity (Wildman–Crippen MR) is 162 cm³/mol. The second kappa shape index (κ2) is 12.3. The molecule has 0 saturated heterocycles.